The highest BCUT2D eigenvalue weighted by molar-refractivity contribution is 5.99. The molecule has 2 N–H and O–H groups in total. The van der Waals surface area contributed by atoms with Gasteiger partial charge >= 0.3 is 6.18 Å². The van der Waals surface area contributed by atoms with Gasteiger partial charge in [-0.05, 0) is 91.8 Å². The molecule has 2 rings (SSSR count). The summed E-state index contributed by atoms with van der Waals surface area (Å²) >= 11 is 0. The van der Waals surface area contributed by atoms with Gasteiger partial charge < -0.3 is 15.4 Å². The van der Waals surface area contributed by atoms with E-state index in [1.165, 1.54) is 0 Å². The SMILES string of the molecule is CCC(C)=C(C=C(C)c1cc(NCC(F)(F)F)cc(C(C)(C)C)c1C)C(=O)NCC1CCCOC1. The molecule has 1 heterocycles. The molecular formula is C28H41F3N2O2. The molecule has 0 saturated carbocycles. The Balaban J connectivity index is 2.42. The van der Waals surface area contributed by atoms with Gasteiger partial charge in [0.05, 0.1) is 6.61 Å². The van der Waals surface area contributed by atoms with E-state index in [-0.39, 0.29) is 11.3 Å². The van der Waals surface area contributed by atoms with Crippen LogP contribution in [0.15, 0.2) is 29.4 Å². The Morgan fingerprint density at radius 3 is 2.43 bits per heavy atom. The molecule has 1 aliphatic heterocycles. The molecule has 1 atom stereocenters. The van der Waals surface area contributed by atoms with Crippen molar-refractivity contribution in [2.24, 2.45) is 5.92 Å². The molecule has 1 aromatic carbocycles. The first-order chi connectivity index (χ1) is 16.2. The van der Waals surface area contributed by atoms with Gasteiger partial charge in [-0.3, -0.25) is 4.79 Å². The standard InChI is InChI=1S/C28H41F3N2O2/c1-8-18(2)24(26(34)32-15-21-10-9-11-35-16-21)12-19(3)23-13-22(33-17-28(29,30)31)14-25(20(23)4)27(5,6)7/h12-14,21,33H,8-11,15-17H2,1-7H3,(H,32,34). The van der Waals surface area contributed by atoms with Crippen LogP contribution in [0, 0.1) is 12.8 Å². The summed E-state index contributed by atoms with van der Waals surface area (Å²) in [5.41, 5.74) is 5.35. The van der Waals surface area contributed by atoms with Crippen LogP contribution in [-0.4, -0.2) is 38.4 Å². The lowest BCUT2D eigenvalue weighted by atomic mass is 9.81. The predicted molar refractivity (Wildman–Crippen MR) is 138 cm³/mol. The molecule has 1 amide bonds. The van der Waals surface area contributed by atoms with Crippen LogP contribution in [-0.2, 0) is 14.9 Å². The van der Waals surface area contributed by atoms with Crippen molar-refractivity contribution in [3.05, 3.63) is 46.0 Å². The number of nitrogens with one attached hydrogen (secondary N) is 2. The van der Waals surface area contributed by atoms with Gasteiger partial charge in [-0.25, -0.2) is 0 Å². The molecule has 1 aromatic rings. The van der Waals surface area contributed by atoms with Crippen LogP contribution in [0.4, 0.5) is 18.9 Å². The van der Waals surface area contributed by atoms with Crippen LogP contribution >= 0.6 is 0 Å². The van der Waals surface area contributed by atoms with Crippen molar-refractivity contribution in [2.75, 3.05) is 31.6 Å². The van der Waals surface area contributed by atoms with E-state index < -0.39 is 12.7 Å². The second-order valence-corrected chi connectivity index (χ2v) is 10.6. The summed E-state index contributed by atoms with van der Waals surface area (Å²) in [7, 11) is 0. The Hall–Kier alpha value is -2.28. The number of hydrogen-bond donors (Lipinski definition) is 2. The Morgan fingerprint density at radius 1 is 1.20 bits per heavy atom. The van der Waals surface area contributed by atoms with Crippen LogP contribution in [0.1, 0.15) is 77.5 Å². The van der Waals surface area contributed by atoms with Crippen molar-refractivity contribution < 1.29 is 22.7 Å². The van der Waals surface area contributed by atoms with E-state index >= 15 is 0 Å². The molecular weight excluding hydrogens is 453 g/mol. The van der Waals surface area contributed by atoms with Crippen LogP contribution in [0.3, 0.4) is 0 Å². The van der Waals surface area contributed by atoms with E-state index in [9.17, 15) is 18.0 Å². The summed E-state index contributed by atoms with van der Waals surface area (Å²) in [4.78, 5) is 13.2. The molecule has 196 valence electrons. The minimum Gasteiger partial charge on any atom is -0.381 e. The Bertz CT molecular complexity index is 950. The zero-order valence-electron chi connectivity index (χ0n) is 22.2. The second-order valence-electron chi connectivity index (χ2n) is 10.6. The number of amides is 1. The zero-order valence-corrected chi connectivity index (χ0v) is 22.2. The first-order valence-electron chi connectivity index (χ1n) is 12.4. The molecule has 35 heavy (non-hydrogen) atoms. The fourth-order valence-electron chi connectivity index (χ4n) is 4.38. The quantitative estimate of drug-likeness (QED) is 0.304. The lowest BCUT2D eigenvalue weighted by Crippen LogP contribution is -2.34. The molecule has 0 spiro atoms. The highest BCUT2D eigenvalue weighted by Crippen LogP contribution is 2.34. The zero-order chi connectivity index (χ0) is 26.4. The normalized spacial score (nSPS) is 18.2. The number of alkyl halides is 3. The van der Waals surface area contributed by atoms with Gasteiger partial charge in [-0.15, -0.1) is 0 Å². The highest BCUT2D eigenvalue weighted by Gasteiger charge is 2.27. The molecule has 4 nitrogen and oxygen atoms in total. The molecule has 0 radical (unpaired) electrons. The fraction of sp³-hybridized carbons (Fsp3) is 0.607. The number of carbonyl (C=O) groups is 1. The number of allylic oxidation sites excluding steroid dienone is 2. The molecule has 1 unspecified atom stereocenters. The number of halogens is 3. The molecule has 7 heteroatoms. The lowest BCUT2D eigenvalue weighted by molar-refractivity contribution is -0.117. The monoisotopic (exact) mass is 494 g/mol. The van der Waals surface area contributed by atoms with Crippen LogP contribution < -0.4 is 10.6 Å². The van der Waals surface area contributed by atoms with E-state index in [1.54, 1.807) is 12.1 Å². The van der Waals surface area contributed by atoms with Crippen molar-refractivity contribution in [3.8, 4) is 0 Å². The minimum atomic E-state index is -4.31. The maximum absolute atomic E-state index is 13.2. The van der Waals surface area contributed by atoms with E-state index in [1.807, 2.05) is 54.5 Å². The van der Waals surface area contributed by atoms with Gasteiger partial charge in [0, 0.05) is 24.4 Å². The van der Waals surface area contributed by atoms with Crippen molar-refractivity contribution >= 4 is 17.2 Å². The van der Waals surface area contributed by atoms with Crippen LogP contribution in [0.25, 0.3) is 5.57 Å². The molecule has 0 aromatic heterocycles. The molecule has 1 aliphatic rings. The van der Waals surface area contributed by atoms with E-state index in [2.05, 4.69) is 10.6 Å². The minimum absolute atomic E-state index is 0.130. The van der Waals surface area contributed by atoms with Crippen molar-refractivity contribution in [1.29, 1.82) is 0 Å². The number of rotatable bonds is 8. The fourth-order valence-corrected chi connectivity index (χ4v) is 4.38. The summed E-state index contributed by atoms with van der Waals surface area (Å²) < 4.78 is 44.2. The number of carbonyl (C=O) groups excluding carboxylic acids is 1. The highest BCUT2D eigenvalue weighted by atomic mass is 19.4. The summed E-state index contributed by atoms with van der Waals surface area (Å²) in [5.74, 6) is 0.184. The Labute approximate surface area is 208 Å². The topological polar surface area (TPSA) is 50.4 Å². The Morgan fingerprint density at radius 2 is 1.89 bits per heavy atom. The molecule has 0 aliphatic carbocycles. The Kier molecular flexibility index (Phi) is 10.0. The number of anilines is 1. The third-order valence-electron chi connectivity index (χ3n) is 6.53. The van der Waals surface area contributed by atoms with Crippen LogP contribution in [0.5, 0.6) is 0 Å². The third-order valence-corrected chi connectivity index (χ3v) is 6.53. The average molecular weight is 495 g/mol. The van der Waals surface area contributed by atoms with Gasteiger partial charge in [0.15, 0.2) is 0 Å². The lowest BCUT2D eigenvalue weighted by Gasteiger charge is -2.26. The number of hydrogen-bond acceptors (Lipinski definition) is 3. The van der Waals surface area contributed by atoms with Crippen molar-refractivity contribution in [1.82, 2.24) is 5.32 Å². The average Bonchev–Trinajstić information content (AvgIpc) is 2.79. The predicted octanol–water partition coefficient (Wildman–Crippen LogP) is 6.94. The molecule has 1 saturated heterocycles. The second kappa shape index (κ2) is 12.1. The van der Waals surface area contributed by atoms with Gasteiger partial charge in [0.1, 0.15) is 6.54 Å². The van der Waals surface area contributed by atoms with E-state index in [4.69, 9.17) is 4.74 Å². The number of ether oxygens (including phenoxy) is 1. The van der Waals surface area contributed by atoms with Crippen molar-refractivity contribution in [2.45, 2.75) is 79.3 Å². The summed E-state index contributed by atoms with van der Waals surface area (Å²) in [6.45, 7) is 14.9. The van der Waals surface area contributed by atoms with Gasteiger partial charge in [0.25, 0.3) is 5.91 Å². The first kappa shape index (κ1) is 29.0. The van der Waals surface area contributed by atoms with Crippen molar-refractivity contribution in [3.63, 3.8) is 0 Å². The number of benzene rings is 1. The van der Waals surface area contributed by atoms with Gasteiger partial charge in [-0.2, -0.15) is 13.2 Å². The first-order valence-corrected chi connectivity index (χ1v) is 12.4. The molecule has 0 bridgehead atoms. The van der Waals surface area contributed by atoms with Gasteiger partial charge in [-0.1, -0.05) is 33.3 Å². The van der Waals surface area contributed by atoms with Gasteiger partial charge in [0.2, 0.25) is 0 Å². The maximum atomic E-state index is 13.2. The molecule has 1 fully saturated rings. The third kappa shape index (κ3) is 8.71. The van der Waals surface area contributed by atoms with Crippen LogP contribution in [0.2, 0.25) is 0 Å². The maximum Gasteiger partial charge on any atom is 0.405 e. The summed E-state index contributed by atoms with van der Waals surface area (Å²) in [6.07, 6.45) is 0.317. The smallest absolute Gasteiger partial charge is 0.381 e. The largest absolute Gasteiger partial charge is 0.405 e. The van der Waals surface area contributed by atoms with E-state index in [0.717, 1.165) is 53.7 Å². The summed E-state index contributed by atoms with van der Waals surface area (Å²) in [6, 6.07) is 3.54. The van der Waals surface area contributed by atoms with E-state index in [0.29, 0.717) is 30.3 Å². The summed E-state index contributed by atoms with van der Waals surface area (Å²) in [5, 5.41) is 5.60.